The highest BCUT2D eigenvalue weighted by Crippen LogP contribution is 2.19. The summed E-state index contributed by atoms with van der Waals surface area (Å²) >= 11 is 0. The van der Waals surface area contributed by atoms with Gasteiger partial charge in [0.1, 0.15) is 0 Å². The fourth-order valence-electron chi connectivity index (χ4n) is 2.66. The van der Waals surface area contributed by atoms with E-state index < -0.39 is 0 Å². The van der Waals surface area contributed by atoms with Crippen LogP contribution in [0.3, 0.4) is 0 Å². The molecule has 0 radical (unpaired) electrons. The van der Waals surface area contributed by atoms with E-state index in [0.717, 1.165) is 18.7 Å². The molecule has 2 heterocycles. The van der Waals surface area contributed by atoms with Crippen molar-refractivity contribution in [2.45, 2.75) is 19.3 Å². The molecule has 1 fully saturated rings. The van der Waals surface area contributed by atoms with Crippen LogP contribution in [-0.2, 0) is 0 Å². The maximum atomic E-state index is 11.8. The number of benzene rings is 1. The van der Waals surface area contributed by atoms with Crippen molar-refractivity contribution >= 4 is 17.8 Å². The quantitative estimate of drug-likeness (QED) is 0.698. The van der Waals surface area contributed by atoms with E-state index in [1.54, 1.807) is 30.7 Å². The predicted octanol–water partition coefficient (Wildman–Crippen LogP) is 2.84. The minimum atomic E-state index is -0.242. The SMILES string of the molecule is O=C(N/N=C/c1ccc(N2CCCCC2)cc1)c1ccncc1. The number of hydrogen-bond acceptors (Lipinski definition) is 4. The van der Waals surface area contributed by atoms with Crippen molar-refractivity contribution in [2.24, 2.45) is 5.10 Å². The van der Waals surface area contributed by atoms with Crippen LogP contribution in [0.25, 0.3) is 0 Å². The molecule has 0 bridgehead atoms. The van der Waals surface area contributed by atoms with Gasteiger partial charge in [0.25, 0.3) is 5.91 Å². The monoisotopic (exact) mass is 308 g/mol. The normalized spacial score (nSPS) is 14.9. The fourth-order valence-corrected chi connectivity index (χ4v) is 2.66. The number of hydrogen-bond donors (Lipinski definition) is 1. The minimum absolute atomic E-state index is 0.242. The van der Waals surface area contributed by atoms with Crippen molar-refractivity contribution < 1.29 is 4.79 Å². The first-order valence-electron chi connectivity index (χ1n) is 7.91. The number of piperidine rings is 1. The number of rotatable bonds is 4. The lowest BCUT2D eigenvalue weighted by atomic mass is 10.1. The number of hydrazone groups is 1. The number of amides is 1. The Morgan fingerprint density at radius 2 is 1.74 bits per heavy atom. The molecule has 0 spiro atoms. The number of aromatic nitrogens is 1. The molecule has 1 aliphatic heterocycles. The van der Waals surface area contributed by atoms with E-state index in [9.17, 15) is 4.79 Å². The average Bonchev–Trinajstić information content (AvgIpc) is 2.64. The van der Waals surface area contributed by atoms with Gasteiger partial charge in [-0.05, 0) is 49.1 Å². The van der Waals surface area contributed by atoms with Crippen LogP contribution in [0.2, 0.25) is 0 Å². The number of pyridine rings is 1. The molecule has 1 aliphatic rings. The number of anilines is 1. The average molecular weight is 308 g/mol. The standard InChI is InChI=1S/C18H20N4O/c23-18(16-8-10-19-11-9-16)21-20-14-15-4-6-17(7-5-15)22-12-2-1-3-13-22/h4-11,14H,1-3,12-13H2,(H,21,23)/b20-14+. The van der Waals surface area contributed by atoms with Gasteiger partial charge in [0.05, 0.1) is 6.21 Å². The van der Waals surface area contributed by atoms with E-state index in [1.165, 1.54) is 24.9 Å². The summed E-state index contributed by atoms with van der Waals surface area (Å²) in [6.07, 6.45) is 8.68. The lowest BCUT2D eigenvalue weighted by Crippen LogP contribution is -2.29. The molecule has 3 rings (SSSR count). The lowest BCUT2D eigenvalue weighted by Gasteiger charge is -2.28. The Morgan fingerprint density at radius 1 is 1.04 bits per heavy atom. The molecular weight excluding hydrogens is 288 g/mol. The Hall–Kier alpha value is -2.69. The number of nitrogens with one attached hydrogen (secondary N) is 1. The van der Waals surface area contributed by atoms with Crippen LogP contribution in [0.1, 0.15) is 35.2 Å². The van der Waals surface area contributed by atoms with E-state index in [4.69, 9.17) is 0 Å². The van der Waals surface area contributed by atoms with E-state index >= 15 is 0 Å². The van der Waals surface area contributed by atoms with Crippen LogP contribution in [0.5, 0.6) is 0 Å². The van der Waals surface area contributed by atoms with Gasteiger partial charge in [-0.25, -0.2) is 5.43 Å². The third-order valence-corrected chi connectivity index (χ3v) is 3.94. The molecule has 0 aliphatic carbocycles. The maximum absolute atomic E-state index is 11.8. The van der Waals surface area contributed by atoms with Gasteiger partial charge in [0.2, 0.25) is 0 Å². The smallest absolute Gasteiger partial charge is 0.271 e. The number of carbonyl (C=O) groups excluding carboxylic acids is 1. The molecule has 5 heteroatoms. The van der Waals surface area contributed by atoms with Crippen LogP contribution < -0.4 is 10.3 Å². The van der Waals surface area contributed by atoms with Gasteiger partial charge in [-0.15, -0.1) is 0 Å². The molecule has 118 valence electrons. The van der Waals surface area contributed by atoms with Gasteiger partial charge in [-0.3, -0.25) is 9.78 Å². The van der Waals surface area contributed by atoms with Crippen LogP contribution in [0.4, 0.5) is 5.69 Å². The molecule has 0 saturated carbocycles. The van der Waals surface area contributed by atoms with Gasteiger partial charge < -0.3 is 4.90 Å². The third-order valence-electron chi connectivity index (χ3n) is 3.94. The van der Waals surface area contributed by atoms with E-state index in [0.29, 0.717) is 5.56 Å². The molecule has 1 N–H and O–H groups in total. The zero-order valence-electron chi connectivity index (χ0n) is 13.0. The minimum Gasteiger partial charge on any atom is -0.372 e. The summed E-state index contributed by atoms with van der Waals surface area (Å²) in [6, 6.07) is 11.6. The molecule has 1 amide bonds. The van der Waals surface area contributed by atoms with Crippen LogP contribution in [-0.4, -0.2) is 30.2 Å². The zero-order chi connectivity index (χ0) is 15.9. The summed E-state index contributed by atoms with van der Waals surface area (Å²) in [4.78, 5) is 18.1. The van der Waals surface area contributed by atoms with Gasteiger partial charge in [-0.1, -0.05) is 12.1 Å². The summed E-state index contributed by atoms with van der Waals surface area (Å²) in [6.45, 7) is 2.27. The highest BCUT2D eigenvalue weighted by Gasteiger charge is 2.10. The largest absolute Gasteiger partial charge is 0.372 e. The van der Waals surface area contributed by atoms with Crippen molar-refractivity contribution in [3.8, 4) is 0 Å². The molecule has 2 aromatic rings. The molecule has 5 nitrogen and oxygen atoms in total. The number of carbonyl (C=O) groups is 1. The van der Waals surface area contributed by atoms with Gasteiger partial charge in [0.15, 0.2) is 0 Å². The second kappa shape index (κ2) is 7.54. The second-order valence-corrected chi connectivity index (χ2v) is 5.57. The molecule has 23 heavy (non-hydrogen) atoms. The van der Waals surface area contributed by atoms with Crippen molar-refractivity contribution in [1.82, 2.24) is 10.4 Å². The maximum Gasteiger partial charge on any atom is 0.271 e. The topological polar surface area (TPSA) is 57.6 Å². The highest BCUT2D eigenvalue weighted by molar-refractivity contribution is 5.94. The summed E-state index contributed by atoms with van der Waals surface area (Å²) < 4.78 is 0. The van der Waals surface area contributed by atoms with Crippen LogP contribution in [0.15, 0.2) is 53.9 Å². The zero-order valence-corrected chi connectivity index (χ0v) is 13.0. The molecule has 1 aromatic heterocycles. The first-order valence-corrected chi connectivity index (χ1v) is 7.91. The molecule has 1 saturated heterocycles. The number of nitrogens with zero attached hydrogens (tertiary/aromatic N) is 3. The lowest BCUT2D eigenvalue weighted by molar-refractivity contribution is 0.0955. The van der Waals surface area contributed by atoms with E-state index in [2.05, 4.69) is 32.5 Å². The summed E-state index contributed by atoms with van der Waals surface area (Å²) in [5, 5.41) is 4.00. The van der Waals surface area contributed by atoms with Crippen molar-refractivity contribution in [3.05, 3.63) is 59.9 Å². The van der Waals surface area contributed by atoms with Gasteiger partial charge in [0, 0.05) is 36.7 Å². The molecule has 1 aromatic carbocycles. The fraction of sp³-hybridized carbons (Fsp3) is 0.278. The Balaban J connectivity index is 1.56. The van der Waals surface area contributed by atoms with Gasteiger partial charge >= 0.3 is 0 Å². The van der Waals surface area contributed by atoms with Crippen molar-refractivity contribution in [1.29, 1.82) is 0 Å². The third kappa shape index (κ3) is 4.16. The summed E-state index contributed by atoms with van der Waals surface area (Å²) in [7, 11) is 0. The van der Waals surface area contributed by atoms with E-state index in [1.807, 2.05) is 12.1 Å². The highest BCUT2D eigenvalue weighted by atomic mass is 16.2. The molecular formula is C18H20N4O. The Kier molecular flexibility index (Phi) is 4.99. The van der Waals surface area contributed by atoms with Gasteiger partial charge in [-0.2, -0.15) is 5.10 Å². The van der Waals surface area contributed by atoms with Crippen LogP contribution >= 0.6 is 0 Å². The molecule has 0 unspecified atom stereocenters. The Bertz CT molecular complexity index is 661. The molecule has 0 atom stereocenters. The first-order chi connectivity index (χ1) is 11.3. The van der Waals surface area contributed by atoms with Crippen molar-refractivity contribution in [3.63, 3.8) is 0 Å². The Labute approximate surface area is 136 Å². The predicted molar refractivity (Wildman–Crippen MR) is 91.8 cm³/mol. The Morgan fingerprint density at radius 3 is 2.43 bits per heavy atom. The van der Waals surface area contributed by atoms with E-state index in [-0.39, 0.29) is 5.91 Å². The van der Waals surface area contributed by atoms with Crippen LogP contribution in [0, 0.1) is 0 Å². The van der Waals surface area contributed by atoms with Crippen molar-refractivity contribution in [2.75, 3.05) is 18.0 Å². The second-order valence-electron chi connectivity index (χ2n) is 5.57. The first kappa shape index (κ1) is 15.2. The summed E-state index contributed by atoms with van der Waals surface area (Å²) in [5.41, 5.74) is 5.27. The summed E-state index contributed by atoms with van der Waals surface area (Å²) in [5.74, 6) is -0.242.